The lowest BCUT2D eigenvalue weighted by atomic mass is 10.2. The first-order valence-corrected chi connectivity index (χ1v) is 3.84. The Balaban J connectivity index is 0. The van der Waals surface area contributed by atoms with Gasteiger partial charge in [-0.05, 0) is 19.9 Å². The van der Waals surface area contributed by atoms with Gasteiger partial charge in [0.2, 0.25) is 0 Å². The summed E-state index contributed by atoms with van der Waals surface area (Å²) in [5.74, 6) is 2.99. The van der Waals surface area contributed by atoms with Crippen molar-refractivity contribution in [3.8, 4) is 12.3 Å². The van der Waals surface area contributed by atoms with Gasteiger partial charge in [-0.25, -0.2) is 5.01 Å². The summed E-state index contributed by atoms with van der Waals surface area (Å²) in [7, 11) is 3.97. The molecule has 0 amide bonds. The van der Waals surface area contributed by atoms with E-state index in [-0.39, 0.29) is 0 Å². The van der Waals surface area contributed by atoms with Crippen LogP contribution in [0.15, 0.2) is 0 Å². The van der Waals surface area contributed by atoms with Crippen molar-refractivity contribution < 1.29 is 0 Å². The lowest BCUT2D eigenvalue weighted by molar-refractivity contribution is 0.231. The highest BCUT2D eigenvalue weighted by molar-refractivity contribution is 4.73. The Bertz CT molecular complexity index is 103. The van der Waals surface area contributed by atoms with E-state index in [1.165, 1.54) is 0 Å². The van der Waals surface area contributed by atoms with E-state index in [0.717, 1.165) is 12.5 Å². The fourth-order valence-electron chi connectivity index (χ4n) is 0.639. The molecule has 0 aromatic heterocycles. The van der Waals surface area contributed by atoms with E-state index in [2.05, 4.69) is 36.6 Å². The van der Waals surface area contributed by atoms with Crippen LogP contribution in [0.2, 0.25) is 0 Å². The van der Waals surface area contributed by atoms with Crippen LogP contribution >= 0.6 is 0 Å². The summed E-state index contributed by atoms with van der Waals surface area (Å²) in [6.45, 7) is 7.16. The van der Waals surface area contributed by atoms with Crippen LogP contribution in [0.3, 0.4) is 0 Å². The average molecular weight is 156 g/mol. The van der Waals surface area contributed by atoms with Crippen LogP contribution in [0.1, 0.15) is 20.8 Å². The Morgan fingerprint density at radius 2 is 1.91 bits per heavy atom. The molecule has 0 aliphatic heterocycles. The maximum atomic E-state index is 4.60. The van der Waals surface area contributed by atoms with Gasteiger partial charge in [0.05, 0.1) is 0 Å². The minimum absolute atomic E-state index is 0.743. The fraction of sp³-hybridized carbons (Fsp3) is 0.778. The number of hydrazine groups is 1. The van der Waals surface area contributed by atoms with E-state index >= 15 is 0 Å². The number of hydrogen-bond donors (Lipinski definition) is 1. The summed E-state index contributed by atoms with van der Waals surface area (Å²) >= 11 is 0. The summed E-state index contributed by atoms with van der Waals surface area (Å²) in [6, 6.07) is 0. The Labute approximate surface area is 70.9 Å². The first-order chi connectivity index (χ1) is 5.08. The quantitative estimate of drug-likeness (QED) is 0.490. The number of nitrogens with zero attached hydrogens (tertiary/aromatic N) is 1. The highest BCUT2D eigenvalue weighted by atomic mass is 15.5. The summed E-state index contributed by atoms with van der Waals surface area (Å²) in [5, 5.41) is 2.07. The zero-order valence-corrected chi connectivity index (χ0v) is 8.31. The van der Waals surface area contributed by atoms with Crippen molar-refractivity contribution in [1.29, 1.82) is 0 Å². The third-order valence-electron chi connectivity index (χ3n) is 1.02. The van der Waals surface area contributed by atoms with Crippen LogP contribution in [-0.2, 0) is 0 Å². The minimum Gasteiger partial charge on any atom is -0.259 e. The van der Waals surface area contributed by atoms with Crippen molar-refractivity contribution in [1.82, 2.24) is 10.4 Å². The monoisotopic (exact) mass is 156 g/mol. The van der Waals surface area contributed by atoms with Crippen LogP contribution < -0.4 is 5.43 Å². The molecule has 0 rings (SSSR count). The standard InChI is InChI=1S/C6H16N2.C3H4/c1-6(2)5-8(4)7-3;1-3-2/h6-7H,5H2,1-4H3;1H,2H3. The van der Waals surface area contributed by atoms with Gasteiger partial charge in [-0.2, -0.15) is 0 Å². The smallest absolute Gasteiger partial charge is 0.0150 e. The lowest BCUT2D eigenvalue weighted by Gasteiger charge is -2.16. The van der Waals surface area contributed by atoms with Gasteiger partial charge in [-0.1, -0.05) is 13.8 Å². The summed E-state index contributed by atoms with van der Waals surface area (Å²) in [4.78, 5) is 0. The van der Waals surface area contributed by atoms with Crippen molar-refractivity contribution in [2.45, 2.75) is 20.8 Å². The lowest BCUT2D eigenvalue weighted by Crippen LogP contribution is -2.33. The van der Waals surface area contributed by atoms with Crippen molar-refractivity contribution in [2.75, 3.05) is 20.6 Å². The molecule has 11 heavy (non-hydrogen) atoms. The Hall–Kier alpha value is -0.520. The maximum absolute atomic E-state index is 4.60. The van der Waals surface area contributed by atoms with Gasteiger partial charge in [0.15, 0.2) is 0 Å². The highest BCUT2D eigenvalue weighted by Gasteiger charge is 1.95. The van der Waals surface area contributed by atoms with E-state index in [9.17, 15) is 0 Å². The van der Waals surface area contributed by atoms with Gasteiger partial charge in [0.1, 0.15) is 0 Å². The maximum Gasteiger partial charge on any atom is 0.0150 e. The number of nitrogens with one attached hydrogen (secondary N) is 1. The van der Waals surface area contributed by atoms with E-state index in [1.807, 2.05) is 14.1 Å². The van der Waals surface area contributed by atoms with Crippen molar-refractivity contribution >= 4 is 0 Å². The van der Waals surface area contributed by atoms with Gasteiger partial charge in [0, 0.05) is 13.6 Å². The molecule has 0 fully saturated rings. The first kappa shape index (κ1) is 13.1. The Morgan fingerprint density at radius 3 is 2.00 bits per heavy atom. The largest absolute Gasteiger partial charge is 0.259 e. The molecule has 66 valence electrons. The summed E-state index contributed by atoms with van der Waals surface area (Å²) in [5.41, 5.74) is 3.03. The molecule has 0 aromatic carbocycles. The molecule has 0 atom stereocenters. The molecule has 0 saturated carbocycles. The third-order valence-corrected chi connectivity index (χ3v) is 1.02. The van der Waals surface area contributed by atoms with Gasteiger partial charge < -0.3 is 0 Å². The fourth-order valence-corrected chi connectivity index (χ4v) is 0.639. The molecule has 2 nitrogen and oxygen atoms in total. The molecule has 0 aliphatic carbocycles. The molecule has 0 saturated heterocycles. The number of terminal acetylenes is 1. The number of hydrogen-bond acceptors (Lipinski definition) is 2. The van der Waals surface area contributed by atoms with E-state index in [0.29, 0.717) is 0 Å². The molecule has 0 radical (unpaired) electrons. The zero-order valence-electron chi connectivity index (χ0n) is 8.31. The topological polar surface area (TPSA) is 15.3 Å². The van der Waals surface area contributed by atoms with Crippen molar-refractivity contribution in [3.05, 3.63) is 0 Å². The molecular formula is C9H20N2. The predicted molar refractivity (Wildman–Crippen MR) is 51.0 cm³/mol. The van der Waals surface area contributed by atoms with Gasteiger partial charge >= 0.3 is 0 Å². The zero-order chi connectivity index (χ0) is 9.28. The van der Waals surface area contributed by atoms with E-state index < -0.39 is 0 Å². The van der Waals surface area contributed by atoms with Crippen LogP contribution in [0, 0.1) is 18.3 Å². The second-order valence-corrected chi connectivity index (χ2v) is 2.79. The molecule has 0 aliphatic rings. The van der Waals surface area contributed by atoms with E-state index in [4.69, 9.17) is 0 Å². The molecule has 0 bridgehead atoms. The van der Waals surface area contributed by atoms with Crippen LogP contribution in [0.4, 0.5) is 0 Å². The van der Waals surface area contributed by atoms with E-state index in [1.54, 1.807) is 6.92 Å². The van der Waals surface area contributed by atoms with Crippen LogP contribution in [0.5, 0.6) is 0 Å². The molecule has 2 heteroatoms. The minimum atomic E-state index is 0.743. The SMILES string of the molecule is C#CC.CNN(C)CC(C)C. The number of rotatable bonds is 3. The van der Waals surface area contributed by atoms with Gasteiger partial charge in [-0.3, -0.25) is 5.43 Å². The first-order valence-electron chi connectivity index (χ1n) is 3.84. The molecule has 0 aromatic rings. The Kier molecular flexibility index (Phi) is 11.3. The molecular weight excluding hydrogens is 136 g/mol. The van der Waals surface area contributed by atoms with Crippen molar-refractivity contribution in [3.63, 3.8) is 0 Å². The van der Waals surface area contributed by atoms with Crippen molar-refractivity contribution in [2.24, 2.45) is 5.92 Å². The second-order valence-electron chi connectivity index (χ2n) is 2.79. The molecule has 0 spiro atoms. The normalized spacial score (nSPS) is 8.91. The molecule has 1 N–H and O–H groups in total. The predicted octanol–water partition coefficient (Wildman–Crippen LogP) is 1.35. The summed E-state index contributed by atoms with van der Waals surface area (Å²) < 4.78 is 0. The van der Waals surface area contributed by atoms with Crippen LogP contribution in [0.25, 0.3) is 0 Å². The molecule has 0 unspecified atom stereocenters. The van der Waals surface area contributed by atoms with Gasteiger partial charge in [0.25, 0.3) is 0 Å². The average Bonchev–Trinajstić information content (AvgIpc) is 1.88. The Morgan fingerprint density at radius 1 is 1.55 bits per heavy atom. The summed E-state index contributed by atoms with van der Waals surface area (Å²) in [6.07, 6.45) is 4.60. The third kappa shape index (κ3) is 17.7. The van der Waals surface area contributed by atoms with Crippen LogP contribution in [-0.4, -0.2) is 25.6 Å². The van der Waals surface area contributed by atoms with Gasteiger partial charge in [-0.15, -0.1) is 12.3 Å². The molecule has 0 heterocycles. The second kappa shape index (κ2) is 9.48. The highest BCUT2D eigenvalue weighted by Crippen LogP contribution is 1.90.